The van der Waals surface area contributed by atoms with Crippen LogP contribution in [0.5, 0.6) is 0 Å². The van der Waals surface area contributed by atoms with Crippen molar-refractivity contribution in [3.63, 3.8) is 0 Å². The quantitative estimate of drug-likeness (QED) is 0.424. The van der Waals surface area contributed by atoms with Crippen molar-refractivity contribution in [1.29, 1.82) is 0 Å². The molecule has 0 aliphatic rings. The first-order valence-corrected chi connectivity index (χ1v) is 9.72. The van der Waals surface area contributed by atoms with Crippen LogP contribution in [0.4, 0.5) is 37.8 Å². The van der Waals surface area contributed by atoms with Crippen LogP contribution in [0.25, 0.3) is 11.0 Å². The fourth-order valence-electron chi connectivity index (χ4n) is 2.98. The highest BCUT2D eigenvalue weighted by Crippen LogP contribution is 2.31. The lowest BCUT2D eigenvalue weighted by atomic mass is 10.2. The summed E-state index contributed by atoms with van der Waals surface area (Å²) in [4.78, 5) is 28.9. The van der Waals surface area contributed by atoms with Gasteiger partial charge in [-0.25, -0.2) is 9.67 Å². The van der Waals surface area contributed by atoms with Crippen molar-refractivity contribution in [3.05, 3.63) is 46.5 Å². The summed E-state index contributed by atoms with van der Waals surface area (Å²) in [5.41, 5.74) is -3.48. The zero-order valence-electron chi connectivity index (χ0n) is 18.1. The van der Waals surface area contributed by atoms with Crippen LogP contribution >= 0.6 is 0 Å². The zero-order chi connectivity index (χ0) is 25.5. The van der Waals surface area contributed by atoms with Crippen molar-refractivity contribution in [2.45, 2.75) is 51.8 Å². The molecule has 184 valence electrons. The third-order valence-corrected chi connectivity index (χ3v) is 4.24. The molecule has 34 heavy (non-hydrogen) atoms. The zero-order valence-corrected chi connectivity index (χ0v) is 18.1. The molecule has 0 saturated heterocycles. The predicted octanol–water partition coefficient (Wildman–Crippen LogP) is 4.26. The number of esters is 1. The summed E-state index contributed by atoms with van der Waals surface area (Å²) in [5, 5.41) is 6.33. The Hall–Kier alpha value is -3.58. The first-order chi connectivity index (χ1) is 15.5. The van der Waals surface area contributed by atoms with Gasteiger partial charge >= 0.3 is 18.3 Å². The lowest BCUT2D eigenvalue weighted by Gasteiger charge is -2.19. The summed E-state index contributed by atoms with van der Waals surface area (Å²) in [6, 6.07) is 3.67. The van der Waals surface area contributed by atoms with Gasteiger partial charge in [0.15, 0.2) is 11.3 Å². The van der Waals surface area contributed by atoms with E-state index in [4.69, 9.17) is 4.74 Å². The molecular weight excluding hydrogens is 472 g/mol. The summed E-state index contributed by atoms with van der Waals surface area (Å²) in [6.07, 6.45) is -8.37. The molecule has 0 atom stereocenters. The highest BCUT2D eigenvalue weighted by molar-refractivity contribution is 5.87. The minimum absolute atomic E-state index is 0.0753. The number of nitrogens with zero attached hydrogens (tertiary/aromatic N) is 4. The van der Waals surface area contributed by atoms with Crippen LogP contribution < -0.4 is 10.9 Å². The van der Waals surface area contributed by atoms with Crippen LogP contribution in [0, 0.1) is 0 Å². The fraction of sp³-hybridized carbons (Fsp3) is 0.400. The number of alkyl halides is 6. The number of nitrogens with one attached hydrogen (secondary N) is 1. The Labute approximate surface area is 188 Å². The second-order valence-corrected chi connectivity index (χ2v) is 8.28. The molecule has 2 heterocycles. The van der Waals surface area contributed by atoms with E-state index in [1.165, 1.54) is 0 Å². The van der Waals surface area contributed by atoms with Crippen molar-refractivity contribution in [2.24, 2.45) is 0 Å². The Morgan fingerprint density at radius 2 is 1.68 bits per heavy atom. The van der Waals surface area contributed by atoms with E-state index < -0.39 is 53.7 Å². The molecule has 0 spiro atoms. The van der Waals surface area contributed by atoms with Gasteiger partial charge in [0.05, 0.1) is 11.9 Å². The van der Waals surface area contributed by atoms with Gasteiger partial charge in [0.2, 0.25) is 0 Å². The predicted molar refractivity (Wildman–Crippen MR) is 108 cm³/mol. The van der Waals surface area contributed by atoms with Gasteiger partial charge in [-0.2, -0.15) is 31.4 Å². The van der Waals surface area contributed by atoms with Gasteiger partial charge in [-0.05, 0) is 45.0 Å². The average Bonchev–Trinajstić information content (AvgIpc) is 2.98. The lowest BCUT2D eigenvalue weighted by Crippen LogP contribution is -2.31. The largest absolute Gasteiger partial charge is 0.459 e. The van der Waals surface area contributed by atoms with Gasteiger partial charge < -0.3 is 10.1 Å². The highest BCUT2D eigenvalue weighted by atomic mass is 19.4. The Bertz CT molecular complexity index is 1250. The Morgan fingerprint density at radius 3 is 2.21 bits per heavy atom. The second-order valence-electron chi connectivity index (χ2n) is 8.28. The minimum atomic E-state index is -4.75. The van der Waals surface area contributed by atoms with Crippen LogP contribution in [0.15, 0.2) is 35.4 Å². The first kappa shape index (κ1) is 25.1. The first-order valence-electron chi connectivity index (χ1n) is 9.72. The van der Waals surface area contributed by atoms with E-state index in [9.17, 15) is 35.9 Å². The van der Waals surface area contributed by atoms with E-state index >= 15 is 0 Å². The van der Waals surface area contributed by atoms with Crippen LogP contribution in [-0.2, 0) is 28.8 Å². The third kappa shape index (κ3) is 6.05. The SMILES string of the molecule is CC(C)(C)OC(=O)Cn1cnc2c(Nc3ccc(C(F)(F)F)cc3)nn(CC(F)(F)F)c2c1=O. The molecule has 0 fully saturated rings. The number of hydrogen-bond donors (Lipinski definition) is 1. The normalized spacial score (nSPS) is 12.7. The molecule has 8 nitrogen and oxygen atoms in total. The lowest BCUT2D eigenvalue weighted by molar-refractivity contribution is -0.155. The minimum Gasteiger partial charge on any atom is -0.459 e. The monoisotopic (exact) mass is 491 g/mol. The number of ether oxygens (including phenoxy) is 1. The van der Waals surface area contributed by atoms with Gasteiger partial charge in [0.1, 0.15) is 24.2 Å². The van der Waals surface area contributed by atoms with Crippen molar-refractivity contribution < 1.29 is 35.9 Å². The van der Waals surface area contributed by atoms with Gasteiger partial charge in [-0.3, -0.25) is 14.2 Å². The van der Waals surface area contributed by atoms with E-state index in [0.29, 0.717) is 4.68 Å². The van der Waals surface area contributed by atoms with Crippen molar-refractivity contribution in [1.82, 2.24) is 19.3 Å². The number of halogens is 6. The Kier molecular flexibility index (Phi) is 6.37. The molecule has 0 aliphatic heterocycles. The van der Waals surface area contributed by atoms with E-state index in [-0.39, 0.29) is 17.0 Å². The van der Waals surface area contributed by atoms with Crippen molar-refractivity contribution in [3.8, 4) is 0 Å². The van der Waals surface area contributed by atoms with Crippen LogP contribution in [-0.4, -0.2) is 37.1 Å². The van der Waals surface area contributed by atoms with Gasteiger partial charge in [-0.1, -0.05) is 0 Å². The summed E-state index contributed by atoms with van der Waals surface area (Å²) < 4.78 is 83.8. The smallest absolute Gasteiger partial charge is 0.416 e. The second kappa shape index (κ2) is 8.65. The van der Waals surface area contributed by atoms with E-state index in [1.54, 1.807) is 20.8 Å². The van der Waals surface area contributed by atoms with E-state index in [1.807, 2.05) is 0 Å². The van der Waals surface area contributed by atoms with Crippen LogP contribution in [0.2, 0.25) is 0 Å². The highest BCUT2D eigenvalue weighted by Gasteiger charge is 2.32. The summed E-state index contributed by atoms with van der Waals surface area (Å²) >= 11 is 0. The van der Waals surface area contributed by atoms with E-state index in [2.05, 4.69) is 15.4 Å². The maximum Gasteiger partial charge on any atom is 0.416 e. The van der Waals surface area contributed by atoms with E-state index in [0.717, 1.165) is 35.2 Å². The third-order valence-electron chi connectivity index (χ3n) is 4.24. The number of anilines is 2. The van der Waals surface area contributed by atoms with Crippen LogP contribution in [0.1, 0.15) is 26.3 Å². The molecule has 0 bridgehead atoms. The maximum atomic E-state index is 13.1. The Morgan fingerprint density at radius 1 is 1.06 bits per heavy atom. The fourth-order valence-corrected chi connectivity index (χ4v) is 2.98. The molecular formula is C20H19F6N5O3. The molecule has 0 radical (unpaired) electrons. The number of hydrogen-bond acceptors (Lipinski definition) is 6. The standard InChI is InChI=1S/C20H19F6N5O3/c1-18(2,3)34-13(32)8-30-10-27-14-15(17(30)33)31(9-19(21,22)23)29-16(14)28-12-6-4-11(5-7-12)20(24,25)26/h4-7,10H,8-9H2,1-3H3,(H,28,29). The molecule has 1 N–H and O–H groups in total. The summed E-state index contributed by atoms with van der Waals surface area (Å²) in [5.74, 6) is -1.08. The summed E-state index contributed by atoms with van der Waals surface area (Å²) in [7, 11) is 0. The number of benzene rings is 1. The Balaban J connectivity index is 2.02. The molecule has 2 aromatic heterocycles. The van der Waals surface area contributed by atoms with Crippen LogP contribution in [0.3, 0.4) is 0 Å². The topological polar surface area (TPSA) is 91.0 Å². The average molecular weight is 491 g/mol. The molecule has 0 unspecified atom stereocenters. The summed E-state index contributed by atoms with van der Waals surface area (Å²) in [6.45, 7) is 2.58. The van der Waals surface area contributed by atoms with Gasteiger partial charge in [0, 0.05) is 5.69 Å². The molecule has 0 aliphatic carbocycles. The van der Waals surface area contributed by atoms with Crippen molar-refractivity contribution in [2.75, 3.05) is 5.32 Å². The molecule has 1 aromatic carbocycles. The number of rotatable bonds is 5. The molecule has 14 heteroatoms. The molecule has 0 amide bonds. The number of carbonyl (C=O) groups excluding carboxylic acids is 1. The molecule has 0 saturated carbocycles. The van der Waals surface area contributed by atoms with Gasteiger partial charge in [-0.15, -0.1) is 0 Å². The number of fused-ring (bicyclic) bond motifs is 1. The number of aromatic nitrogens is 4. The molecule has 3 rings (SSSR count). The molecule has 3 aromatic rings. The maximum absolute atomic E-state index is 13.1. The number of carbonyl (C=O) groups is 1. The van der Waals surface area contributed by atoms with Gasteiger partial charge in [0.25, 0.3) is 5.56 Å². The van der Waals surface area contributed by atoms with Crippen molar-refractivity contribution >= 4 is 28.5 Å².